The van der Waals surface area contributed by atoms with Crippen LogP contribution >= 0.6 is 0 Å². The van der Waals surface area contributed by atoms with Crippen molar-refractivity contribution in [3.05, 3.63) is 0 Å². The molecule has 0 aromatic rings. The van der Waals surface area contributed by atoms with Gasteiger partial charge in [-0.25, -0.2) is 0 Å². The zero-order chi connectivity index (χ0) is 16.5. The van der Waals surface area contributed by atoms with Gasteiger partial charge in [0.15, 0.2) is 0 Å². The Kier molecular flexibility index (Phi) is 3.88. The van der Waals surface area contributed by atoms with Crippen molar-refractivity contribution in [1.29, 1.82) is 0 Å². The molecular formula is C24H40. The minimum absolute atomic E-state index is 0.537. The Labute approximate surface area is 150 Å². The van der Waals surface area contributed by atoms with E-state index in [-0.39, 0.29) is 0 Å². The lowest BCUT2D eigenvalue weighted by Crippen LogP contribution is -2.57. The van der Waals surface area contributed by atoms with E-state index in [1.165, 1.54) is 0 Å². The van der Waals surface area contributed by atoms with Crippen LogP contribution in [-0.2, 0) is 0 Å². The van der Waals surface area contributed by atoms with Crippen LogP contribution in [0, 0.1) is 58.7 Å². The molecule has 5 fully saturated rings. The van der Waals surface area contributed by atoms with E-state index < -0.39 is 0 Å². The minimum Gasteiger partial charge on any atom is -0.0599 e. The van der Waals surface area contributed by atoms with Gasteiger partial charge >= 0.3 is 0 Å². The smallest absolute Gasteiger partial charge is 0.0323 e. The normalized spacial score (nSPS) is 53.9. The van der Waals surface area contributed by atoms with Crippen LogP contribution in [0.1, 0.15) is 91.4 Å². The summed E-state index contributed by atoms with van der Waals surface area (Å²) < 4.78 is 0. The maximum Gasteiger partial charge on any atom is -0.0323 e. The van der Waals surface area contributed by atoms with Gasteiger partial charge in [-0.1, -0.05) is 59.3 Å². The number of hydrogen-bond donors (Lipinski definition) is 0. The minimum atomic E-state index is 0.537. The Morgan fingerprint density at radius 2 is 1.04 bits per heavy atom. The Bertz CT molecular complexity index is 469. The highest BCUT2D eigenvalue weighted by molar-refractivity contribution is 5.07. The predicted molar refractivity (Wildman–Crippen MR) is 102 cm³/mol. The largest absolute Gasteiger partial charge is 0.0599 e. The molecular weight excluding hydrogens is 288 g/mol. The third kappa shape index (κ3) is 2.37. The SMILES string of the molecule is CC(C)(C)C1CC2CCCC3C4CCCC5CCCC(C(C1)C23)C54. The van der Waals surface area contributed by atoms with Crippen molar-refractivity contribution < 1.29 is 0 Å². The van der Waals surface area contributed by atoms with E-state index in [0.29, 0.717) is 5.41 Å². The molecule has 0 spiro atoms. The molecule has 5 saturated carbocycles. The summed E-state index contributed by atoms with van der Waals surface area (Å²) in [7, 11) is 0. The molecule has 5 aliphatic rings. The monoisotopic (exact) mass is 328 g/mol. The van der Waals surface area contributed by atoms with E-state index in [9.17, 15) is 0 Å². The molecule has 0 aromatic carbocycles. The van der Waals surface area contributed by atoms with Crippen molar-refractivity contribution in [2.75, 3.05) is 0 Å². The fourth-order valence-electron chi connectivity index (χ4n) is 9.07. The average molecular weight is 329 g/mol. The zero-order valence-electron chi connectivity index (χ0n) is 16.5. The first-order valence-electron chi connectivity index (χ1n) is 11.5. The summed E-state index contributed by atoms with van der Waals surface area (Å²) in [6.07, 6.45) is 17.5. The quantitative estimate of drug-likeness (QED) is 0.452. The lowest BCUT2D eigenvalue weighted by Gasteiger charge is -2.64. The van der Waals surface area contributed by atoms with Gasteiger partial charge in [-0.2, -0.15) is 0 Å². The van der Waals surface area contributed by atoms with Crippen molar-refractivity contribution in [2.24, 2.45) is 58.7 Å². The van der Waals surface area contributed by atoms with Gasteiger partial charge in [0.1, 0.15) is 0 Å². The molecule has 24 heavy (non-hydrogen) atoms. The second kappa shape index (κ2) is 5.75. The Morgan fingerprint density at radius 1 is 0.542 bits per heavy atom. The standard InChI is InChI=1S/C24H40/c1-24(2,3)17-13-16-9-6-11-19-18-10-4-7-15-8-5-12-20(22(15)18)21(14-17)23(16)19/h15-23H,4-14H2,1-3H3. The molecule has 0 saturated heterocycles. The number of rotatable bonds is 0. The summed E-state index contributed by atoms with van der Waals surface area (Å²) in [5.74, 6) is 10.1. The summed E-state index contributed by atoms with van der Waals surface area (Å²) in [6.45, 7) is 7.61. The summed E-state index contributed by atoms with van der Waals surface area (Å²) in [5.41, 5.74) is 0.537. The van der Waals surface area contributed by atoms with Crippen molar-refractivity contribution in [3.8, 4) is 0 Å². The van der Waals surface area contributed by atoms with Crippen LogP contribution in [0.4, 0.5) is 0 Å². The lowest BCUT2D eigenvalue weighted by atomic mass is 9.41. The Hall–Kier alpha value is 0. The van der Waals surface area contributed by atoms with Gasteiger partial charge in [0, 0.05) is 0 Å². The molecule has 0 N–H and O–H groups in total. The van der Waals surface area contributed by atoms with E-state index in [1.54, 1.807) is 70.6 Å². The third-order valence-corrected chi connectivity index (χ3v) is 9.87. The molecule has 5 rings (SSSR count). The highest BCUT2D eigenvalue weighted by Crippen LogP contribution is 2.66. The van der Waals surface area contributed by atoms with E-state index in [4.69, 9.17) is 0 Å². The molecule has 0 aliphatic heterocycles. The topological polar surface area (TPSA) is 0 Å². The molecule has 0 heteroatoms. The van der Waals surface area contributed by atoms with Gasteiger partial charge in [0.25, 0.3) is 0 Å². The first-order chi connectivity index (χ1) is 11.5. The third-order valence-electron chi connectivity index (χ3n) is 9.87. The van der Waals surface area contributed by atoms with E-state index >= 15 is 0 Å². The number of hydrogen-bond acceptors (Lipinski definition) is 0. The summed E-state index contributed by atoms with van der Waals surface area (Å²) in [6, 6.07) is 0. The molecule has 5 aliphatic carbocycles. The maximum absolute atomic E-state index is 2.54. The van der Waals surface area contributed by atoms with Gasteiger partial charge in [-0.05, 0) is 90.8 Å². The molecule has 136 valence electrons. The molecule has 0 aromatic heterocycles. The number of fused-ring (bicyclic) bond motifs is 2. The van der Waals surface area contributed by atoms with Gasteiger partial charge in [0.2, 0.25) is 0 Å². The van der Waals surface area contributed by atoms with Crippen molar-refractivity contribution in [1.82, 2.24) is 0 Å². The van der Waals surface area contributed by atoms with E-state index in [2.05, 4.69) is 20.8 Å². The maximum atomic E-state index is 2.54. The van der Waals surface area contributed by atoms with Crippen LogP contribution in [0.25, 0.3) is 0 Å². The Balaban J connectivity index is 1.52. The molecule has 0 bridgehead atoms. The highest BCUT2D eigenvalue weighted by Gasteiger charge is 2.58. The average Bonchev–Trinajstić information content (AvgIpc) is 2.58. The van der Waals surface area contributed by atoms with E-state index in [0.717, 1.165) is 53.3 Å². The van der Waals surface area contributed by atoms with Crippen LogP contribution in [0.2, 0.25) is 0 Å². The molecule has 0 amide bonds. The van der Waals surface area contributed by atoms with Gasteiger partial charge < -0.3 is 0 Å². The molecule has 0 radical (unpaired) electrons. The van der Waals surface area contributed by atoms with Gasteiger partial charge in [0.05, 0.1) is 0 Å². The first kappa shape index (κ1) is 16.2. The first-order valence-corrected chi connectivity index (χ1v) is 11.5. The van der Waals surface area contributed by atoms with Crippen LogP contribution in [0.5, 0.6) is 0 Å². The zero-order valence-corrected chi connectivity index (χ0v) is 16.5. The van der Waals surface area contributed by atoms with E-state index in [1.807, 2.05) is 0 Å². The van der Waals surface area contributed by atoms with Gasteiger partial charge in [-0.3, -0.25) is 0 Å². The summed E-state index contributed by atoms with van der Waals surface area (Å²) in [5, 5.41) is 0. The van der Waals surface area contributed by atoms with Crippen LogP contribution in [0.3, 0.4) is 0 Å². The summed E-state index contributed by atoms with van der Waals surface area (Å²) in [4.78, 5) is 0. The fourth-order valence-corrected chi connectivity index (χ4v) is 9.07. The second-order valence-electron chi connectivity index (χ2n) is 11.7. The molecule has 0 heterocycles. The van der Waals surface area contributed by atoms with Crippen LogP contribution in [0.15, 0.2) is 0 Å². The summed E-state index contributed by atoms with van der Waals surface area (Å²) >= 11 is 0. The molecule has 9 unspecified atom stereocenters. The highest BCUT2D eigenvalue weighted by atomic mass is 14.6. The Morgan fingerprint density at radius 3 is 1.62 bits per heavy atom. The molecule has 9 atom stereocenters. The predicted octanol–water partition coefficient (Wildman–Crippen LogP) is 6.94. The van der Waals surface area contributed by atoms with Crippen molar-refractivity contribution in [2.45, 2.75) is 91.4 Å². The van der Waals surface area contributed by atoms with Crippen molar-refractivity contribution >= 4 is 0 Å². The van der Waals surface area contributed by atoms with Crippen LogP contribution in [-0.4, -0.2) is 0 Å². The van der Waals surface area contributed by atoms with Gasteiger partial charge in [-0.15, -0.1) is 0 Å². The fraction of sp³-hybridized carbons (Fsp3) is 1.00. The van der Waals surface area contributed by atoms with Crippen LogP contribution < -0.4 is 0 Å². The van der Waals surface area contributed by atoms with Crippen molar-refractivity contribution in [3.63, 3.8) is 0 Å². The molecule has 0 nitrogen and oxygen atoms in total. The second-order valence-corrected chi connectivity index (χ2v) is 11.7. The lowest BCUT2D eigenvalue weighted by molar-refractivity contribution is -0.153.